The molecule has 0 aromatic rings. The summed E-state index contributed by atoms with van der Waals surface area (Å²) in [6, 6.07) is -0.0952. The number of esters is 1. The molecular formula is C12H23NO3. The Bertz CT molecular complexity index is 212. The smallest absolute Gasteiger partial charge is 0.307 e. The second kappa shape index (κ2) is 6.86. The van der Waals surface area contributed by atoms with Gasteiger partial charge in [-0.3, -0.25) is 4.79 Å². The SMILES string of the molecule is CC(C)C(N)CC(=O)OCC1CCOCC1. The number of hydrogen-bond acceptors (Lipinski definition) is 4. The van der Waals surface area contributed by atoms with Gasteiger partial charge in [0, 0.05) is 19.3 Å². The first kappa shape index (κ1) is 13.5. The molecule has 0 aromatic carbocycles. The zero-order valence-electron chi connectivity index (χ0n) is 10.3. The van der Waals surface area contributed by atoms with Gasteiger partial charge in [-0.15, -0.1) is 0 Å². The Morgan fingerprint density at radius 2 is 2.06 bits per heavy atom. The van der Waals surface area contributed by atoms with E-state index in [4.69, 9.17) is 15.2 Å². The van der Waals surface area contributed by atoms with Crippen molar-refractivity contribution in [3.63, 3.8) is 0 Å². The minimum atomic E-state index is -0.173. The Morgan fingerprint density at radius 3 is 2.62 bits per heavy atom. The molecule has 0 saturated carbocycles. The van der Waals surface area contributed by atoms with Gasteiger partial charge in [-0.05, 0) is 24.7 Å². The van der Waals surface area contributed by atoms with Crippen LogP contribution in [0.5, 0.6) is 0 Å². The lowest BCUT2D eigenvalue weighted by Gasteiger charge is -2.22. The molecule has 4 nitrogen and oxygen atoms in total. The zero-order valence-corrected chi connectivity index (χ0v) is 10.3. The Hall–Kier alpha value is -0.610. The number of rotatable bonds is 5. The zero-order chi connectivity index (χ0) is 12.0. The number of carbonyl (C=O) groups excluding carboxylic acids is 1. The molecule has 0 bridgehead atoms. The van der Waals surface area contributed by atoms with E-state index in [1.54, 1.807) is 0 Å². The Labute approximate surface area is 97.5 Å². The summed E-state index contributed by atoms with van der Waals surface area (Å²) >= 11 is 0. The van der Waals surface area contributed by atoms with Crippen LogP contribution in [0.25, 0.3) is 0 Å². The van der Waals surface area contributed by atoms with Crippen molar-refractivity contribution in [1.82, 2.24) is 0 Å². The second-order valence-electron chi connectivity index (χ2n) is 4.85. The minimum Gasteiger partial charge on any atom is -0.465 e. The quantitative estimate of drug-likeness (QED) is 0.722. The van der Waals surface area contributed by atoms with Gasteiger partial charge >= 0.3 is 5.97 Å². The summed E-state index contributed by atoms with van der Waals surface area (Å²) in [5, 5.41) is 0. The molecule has 94 valence electrons. The van der Waals surface area contributed by atoms with Gasteiger partial charge in [-0.1, -0.05) is 13.8 Å². The van der Waals surface area contributed by atoms with E-state index in [0.717, 1.165) is 26.1 Å². The third kappa shape index (κ3) is 4.94. The van der Waals surface area contributed by atoms with Crippen LogP contribution in [0.15, 0.2) is 0 Å². The molecule has 2 N–H and O–H groups in total. The summed E-state index contributed by atoms with van der Waals surface area (Å²) in [6.45, 7) is 6.11. The van der Waals surface area contributed by atoms with Gasteiger partial charge in [-0.2, -0.15) is 0 Å². The lowest BCUT2D eigenvalue weighted by atomic mass is 10.0. The lowest BCUT2D eigenvalue weighted by Crippen LogP contribution is -2.31. The van der Waals surface area contributed by atoms with Crippen LogP contribution in [0.4, 0.5) is 0 Å². The molecule has 1 fully saturated rings. The van der Waals surface area contributed by atoms with Gasteiger partial charge in [0.15, 0.2) is 0 Å². The van der Waals surface area contributed by atoms with Gasteiger partial charge < -0.3 is 15.2 Å². The van der Waals surface area contributed by atoms with Gasteiger partial charge in [0.05, 0.1) is 13.0 Å². The van der Waals surface area contributed by atoms with Crippen molar-refractivity contribution in [2.24, 2.45) is 17.6 Å². The Balaban J connectivity index is 2.14. The predicted octanol–water partition coefficient (Wildman–Crippen LogP) is 1.33. The first-order chi connectivity index (χ1) is 7.59. The molecule has 0 radical (unpaired) electrons. The van der Waals surface area contributed by atoms with Crippen LogP contribution in [-0.4, -0.2) is 31.8 Å². The third-order valence-electron chi connectivity index (χ3n) is 3.08. The minimum absolute atomic E-state index is 0.0952. The molecule has 1 heterocycles. The van der Waals surface area contributed by atoms with Crippen LogP contribution in [0, 0.1) is 11.8 Å². The van der Waals surface area contributed by atoms with E-state index in [0.29, 0.717) is 24.9 Å². The number of carbonyl (C=O) groups is 1. The monoisotopic (exact) mass is 229 g/mol. The maximum Gasteiger partial charge on any atom is 0.307 e. The van der Waals surface area contributed by atoms with Gasteiger partial charge in [0.2, 0.25) is 0 Å². The molecule has 4 heteroatoms. The number of hydrogen-bond donors (Lipinski definition) is 1. The predicted molar refractivity (Wildman–Crippen MR) is 61.9 cm³/mol. The van der Waals surface area contributed by atoms with Crippen molar-refractivity contribution in [2.45, 2.75) is 39.2 Å². The second-order valence-corrected chi connectivity index (χ2v) is 4.85. The van der Waals surface area contributed by atoms with E-state index in [-0.39, 0.29) is 12.0 Å². The van der Waals surface area contributed by atoms with Crippen LogP contribution >= 0.6 is 0 Å². The fourth-order valence-electron chi connectivity index (χ4n) is 1.61. The van der Waals surface area contributed by atoms with Crippen molar-refractivity contribution < 1.29 is 14.3 Å². The maximum absolute atomic E-state index is 11.5. The summed E-state index contributed by atoms with van der Waals surface area (Å²) < 4.78 is 10.5. The molecule has 1 atom stereocenters. The molecule has 0 spiro atoms. The number of nitrogens with two attached hydrogens (primary N) is 1. The van der Waals surface area contributed by atoms with E-state index in [1.165, 1.54) is 0 Å². The van der Waals surface area contributed by atoms with Crippen LogP contribution in [0.3, 0.4) is 0 Å². The molecule has 1 aliphatic heterocycles. The standard InChI is InChI=1S/C12H23NO3/c1-9(2)11(13)7-12(14)16-8-10-3-5-15-6-4-10/h9-11H,3-8,13H2,1-2H3. The van der Waals surface area contributed by atoms with E-state index < -0.39 is 0 Å². The average molecular weight is 229 g/mol. The lowest BCUT2D eigenvalue weighted by molar-refractivity contribution is -0.146. The summed E-state index contributed by atoms with van der Waals surface area (Å²) in [6.07, 6.45) is 2.30. The average Bonchev–Trinajstić information content (AvgIpc) is 2.27. The molecular weight excluding hydrogens is 206 g/mol. The highest BCUT2D eigenvalue weighted by Crippen LogP contribution is 2.15. The highest BCUT2D eigenvalue weighted by atomic mass is 16.5. The molecule has 16 heavy (non-hydrogen) atoms. The molecule has 0 amide bonds. The molecule has 0 aromatic heterocycles. The van der Waals surface area contributed by atoms with Crippen molar-refractivity contribution >= 4 is 5.97 Å². The van der Waals surface area contributed by atoms with E-state index in [1.807, 2.05) is 13.8 Å². The summed E-state index contributed by atoms with van der Waals surface area (Å²) in [4.78, 5) is 11.5. The van der Waals surface area contributed by atoms with Gasteiger partial charge in [-0.25, -0.2) is 0 Å². The Kier molecular flexibility index (Phi) is 5.77. The van der Waals surface area contributed by atoms with Crippen LogP contribution in [-0.2, 0) is 14.3 Å². The Morgan fingerprint density at radius 1 is 1.44 bits per heavy atom. The summed E-state index contributed by atoms with van der Waals surface area (Å²) in [5.74, 6) is 0.608. The van der Waals surface area contributed by atoms with Crippen LogP contribution in [0.2, 0.25) is 0 Å². The third-order valence-corrected chi connectivity index (χ3v) is 3.08. The van der Waals surface area contributed by atoms with Crippen LogP contribution < -0.4 is 5.73 Å². The molecule has 1 rings (SSSR count). The molecule has 0 aliphatic carbocycles. The summed E-state index contributed by atoms with van der Waals surface area (Å²) in [5.41, 5.74) is 5.81. The van der Waals surface area contributed by atoms with Crippen molar-refractivity contribution in [2.75, 3.05) is 19.8 Å². The van der Waals surface area contributed by atoms with E-state index in [9.17, 15) is 4.79 Å². The molecule has 1 unspecified atom stereocenters. The summed E-state index contributed by atoms with van der Waals surface area (Å²) in [7, 11) is 0. The number of ether oxygens (including phenoxy) is 2. The van der Waals surface area contributed by atoms with Crippen molar-refractivity contribution in [3.8, 4) is 0 Å². The fourth-order valence-corrected chi connectivity index (χ4v) is 1.61. The first-order valence-electron chi connectivity index (χ1n) is 6.08. The van der Waals surface area contributed by atoms with Gasteiger partial charge in [0.1, 0.15) is 0 Å². The molecule has 1 aliphatic rings. The van der Waals surface area contributed by atoms with E-state index >= 15 is 0 Å². The topological polar surface area (TPSA) is 61.6 Å². The van der Waals surface area contributed by atoms with Crippen LogP contribution in [0.1, 0.15) is 33.1 Å². The highest BCUT2D eigenvalue weighted by Gasteiger charge is 2.18. The largest absolute Gasteiger partial charge is 0.465 e. The van der Waals surface area contributed by atoms with E-state index in [2.05, 4.69) is 0 Å². The maximum atomic E-state index is 11.5. The van der Waals surface area contributed by atoms with Crippen molar-refractivity contribution in [3.05, 3.63) is 0 Å². The van der Waals surface area contributed by atoms with Gasteiger partial charge in [0.25, 0.3) is 0 Å². The molecule has 1 saturated heterocycles. The van der Waals surface area contributed by atoms with Crippen molar-refractivity contribution in [1.29, 1.82) is 0 Å². The first-order valence-corrected chi connectivity index (χ1v) is 6.08. The highest BCUT2D eigenvalue weighted by molar-refractivity contribution is 5.70. The normalized spacial score (nSPS) is 19.8. The fraction of sp³-hybridized carbons (Fsp3) is 0.917.